The Kier molecular flexibility index (Phi) is 1.41. The van der Waals surface area contributed by atoms with Crippen LogP contribution < -0.4 is 0 Å². The van der Waals surface area contributed by atoms with Gasteiger partial charge in [0, 0.05) is 5.92 Å². The van der Waals surface area contributed by atoms with Crippen LogP contribution in [-0.4, -0.2) is 6.29 Å². The van der Waals surface area contributed by atoms with Gasteiger partial charge in [-0.25, -0.2) is 0 Å². The summed E-state index contributed by atoms with van der Waals surface area (Å²) >= 11 is 0. The van der Waals surface area contributed by atoms with Crippen LogP contribution in [0.4, 0.5) is 0 Å². The summed E-state index contributed by atoms with van der Waals surface area (Å²) < 4.78 is 0. The van der Waals surface area contributed by atoms with Crippen molar-refractivity contribution in [1.82, 2.24) is 0 Å². The highest BCUT2D eigenvalue weighted by molar-refractivity contribution is 5.57. The van der Waals surface area contributed by atoms with Crippen LogP contribution >= 0.6 is 0 Å². The molecular formula is C10H14O. The molecule has 2 bridgehead atoms. The van der Waals surface area contributed by atoms with Crippen LogP contribution in [0, 0.1) is 17.3 Å². The highest BCUT2D eigenvalue weighted by Gasteiger charge is 2.40. The smallest absolute Gasteiger partial charge is 0.123 e. The third-order valence-corrected chi connectivity index (χ3v) is 3.37. The largest absolute Gasteiger partial charge is 0.303 e. The van der Waals surface area contributed by atoms with Gasteiger partial charge < -0.3 is 4.79 Å². The molecule has 0 aromatic carbocycles. The van der Waals surface area contributed by atoms with Gasteiger partial charge in [0.2, 0.25) is 0 Å². The molecule has 0 heterocycles. The number of aldehydes is 1. The molecule has 1 saturated carbocycles. The van der Waals surface area contributed by atoms with Crippen LogP contribution in [0.15, 0.2) is 12.2 Å². The lowest BCUT2D eigenvalue weighted by Crippen LogP contribution is -2.36. The molecule has 0 N–H and O–H groups in total. The van der Waals surface area contributed by atoms with E-state index < -0.39 is 0 Å². The fourth-order valence-corrected chi connectivity index (χ4v) is 2.34. The first-order valence-corrected chi connectivity index (χ1v) is 4.39. The Bertz CT molecular complexity index is 207. The molecule has 1 fully saturated rings. The second-order valence-electron chi connectivity index (χ2n) is 4.14. The molecule has 3 rings (SSSR count). The third kappa shape index (κ3) is 0.943. The van der Waals surface area contributed by atoms with E-state index in [4.69, 9.17) is 0 Å². The van der Waals surface area contributed by atoms with Gasteiger partial charge in [-0.2, -0.15) is 0 Å². The molecule has 0 saturated heterocycles. The second kappa shape index (κ2) is 2.20. The maximum atomic E-state index is 10.7. The van der Waals surface area contributed by atoms with E-state index in [1.165, 1.54) is 12.8 Å². The van der Waals surface area contributed by atoms with Gasteiger partial charge in [-0.1, -0.05) is 19.1 Å². The standard InChI is InChI=1S/C10H14O/c1-10-4-2-8(3-5-10)6-9(10)7-11/h2,4,7-9H,3,5-6H2,1H3. The topological polar surface area (TPSA) is 17.1 Å². The van der Waals surface area contributed by atoms with Gasteiger partial charge in [-0.15, -0.1) is 0 Å². The fourth-order valence-electron chi connectivity index (χ4n) is 2.34. The van der Waals surface area contributed by atoms with Gasteiger partial charge in [-0.3, -0.25) is 0 Å². The van der Waals surface area contributed by atoms with E-state index in [-0.39, 0.29) is 5.41 Å². The molecule has 0 radical (unpaired) electrons. The van der Waals surface area contributed by atoms with E-state index in [9.17, 15) is 4.79 Å². The van der Waals surface area contributed by atoms with Gasteiger partial charge in [0.05, 0.1) is 0 Å². The van der Waals surface area contributed by atoms with Crippen LogP contribution in [0.2, 0.25) is 0 Å². The Hall–Kier alpha value is -0.590. The lowest BCUT2D eigenvalue weighted by molar-refractivity contribution is -0.115. The normalized spacial score (nSPS) is 47.7. The molecule has 11 heavy (non-hydrogen) atoms. The van der Waals surface area contributed by atoms with Crippen molar-refractivity contribution in [2.45, 2.75) is 26.2 Å². The summed E-state index contributed by atoms with van der Waals surface area (Å²) in [5.41, 5.74) is 0.205. The summed E-state index contributed by atoms with van der Waals surface area (Å²) in [5, 5.41) is 0. The zero-order valence-corrected chi connectivity index (χ0v) is 6.92. The van der Waals surface area contributed by atoms with Crippen LogP contribution in [0.25, 0.3) is 0 Å². The third-order valence-electron chi connectivity index (χ3n) is 3.37. The quantitative estimate of drug-likeness (QED) is 0.413. The van der Waals surface area contributed by atoms with Crippen LogP contribution in [0.3, 0.4) is 0 Å². The molecule has 3 aliphatic rings. The van der Waals surface area contributed by atoms with Crippen molar-refractivity contribution < 1.29 is 4.79 Å². The Balaban J connectivity index is 2.31. The number of allylic oxidation sites excluding steroid dienone is 2. The van der Waals surface area contributed by atoms with Crippen molar-refractivity contribution in [2.75, 3.05) is 0 Å². The highest BCUT2D eigenvalue weighted by Crippen LogP contribution is 2.48. The van der Waals surface area contributed by atoms with Crippen molar-refractivity contribution in [3.05, 3.63) is 12.2 Å². The van der Waals surface area contributed by atoms with Crippen LogP contribution in [0.5, 0.6) is 0 Å². The van der Waals surface area contributed by atoms with Gasteiger partial charge in [0.25, 0.3) is 0 Å². The van der Waals surface area contributed by atoms with Gasteiger partial charge in [0.1, 0.15) is 6.29 Å². The number of carbonyl (C=O) groups is 1. The van der Waals surface area contributed by atoms with Gasteiger partial charge in [0.15, 0.2) is 0 Å². The number of hydrogen-bond acceptors (Lipinski definition) is 1. The maximum Gasteiger partial charge on any atom is 0.123 e. The Morgan fingerprint density at radius 3 is 2.82 bits per heavy atom. The van der Waals surface area contributed by atoms with Crippen molar-refractivity contribution >= 4 is 6.29 Å². The van der Waals surface area contributed by atoms with E-state index in [2.05, 4.69) is 19.1 Å². The number of hydrogen-bond donors (Lipinski definition) is 0. The minimum absolute atomic E-state index is 0.205. The minimum atomic E-state index is 0.205. The average molecular weight is 150 g/mol. The second-order valence-corrected chi connectivity index (χ2v) is 4.14. The predicted molar refractivity (Wildman–Crippen MR) is 44.1 cm³/mol. The average Bonchev–Trinajstić information content (AvgIpc) is 2.05. The molecule has 0 spiro atoms. The van der Waals surface area contributed by atoms with Crippen molar-refractivity contribution in [1.29, 1.82) is 0 Å². The highest BCUT2D eigenvalue weighted by atomic mass is 16.1. The summed E-state index contributed by atoms with van der Waals surface area (Å²) in [6, 6.07) is 0. The molecule has 0 aromatic heterocycles. The van der Waals surface area contributed by atoms with E-state index in [1.54, 1.807) is 0 Å². The molecule has 3 aliphatic carbocycles. The van der Waals surface area contributed by atoms with Crippen molar-refractivity contribution in [3.8, 4) is 0 Å². The monoisotopic (exact) mass is 150 g/mol. The number of fused-ring (bicyclic) bond motifs is 2. The first-order chi connectivity index (χ1) is 5.24. The molecule has 3 unspecified atom stereocenters. The van der Waals surface area contributed by atoms with Gasteiger partial charge in [-0.05, 0) is 30.6 Å². The Morgan fingerprint density at radius 1 is 1.64 bits per heavy atom. The maximum absolute atomic E-state index is 10.7. The molecular weight excluding hydrogens is 136 g/mol. The van der Waals surface area contributed by atoms with E-state index in [1.807, 2.05) is 0 Å². The van der Waals surface area contributed by atoms with E-state index in [0.717, 1.165) is 12.7 Å². The molecule has 1 nitrogen and oxygen atoms in total. The van der Waals surface area contributed by atoms with Crippen LogP contribution in [-0.2, 0) is 4.79 Å². The Labute approximate surface area is 67.5 Å². The fraction of sp³-hybridized carbons (Fsp3) is 0.700. The first kappa shape index (κ1) is 7.08. The summed E-state index contributed by atoms with van der Waals surface area (Å²) in [5.74, 6) is 0.998. The summed E-state index contributed by atoms with van der Waals surface area (Å²) in [4.78, 5) is 10.7. The zero-order valence-electron chi connectivity index (χ0n) is 6.92. The molecule has 3 atom stereocenters. The van der Waals surface area contributed by atoms with Crippen LogP contribution in [0.1, 0.15) is 26.2 Å². The molecule has 0 aromatic rings. The summed E-state index contributed by atoms with van der Waals surface area (Å²) in [6.45, 7) is 2.21. The van der Waals surface area contributed by atoms with Crippen molar-refractivity contribution in [3.63, 3.8) is 0 Å². The van der Waals surface area contributed by atoms with Crippen molar-refractivity contribution in [2.24, 2.45) is 17.3 Å². The lowest BCUT2D eigenvalue weighted by Gasteiger charge is -2.43. The summed E-state index contributed by atoms with van der Waals surface area (Å²) in [7, 11) is 0. The minimum Gasteiger partial charge on any atom is -0.303 e. The number of rotatable bonds is 1. The zero-order chi connectivity index (χ0) is 7.90. The summed E-state index contributed by atoms with van der Waals surface area (Å²) in [6.07, 6.45) is 9.29. The van der Waals surface area contributed by atoms with Gasteiger partial charge >= 0.3 is 0 Å². The SMILES string of the molecule is CC12C=CC(CC1)CC2C=O. The molecule has 0 aliphatic heterocycles. The molecule has 1 heteroatoms. The molecule has 60 valence electrons. The number of carbonyl (C=O) groups excluding carboxylic acids is 1. The molecule has 0 amide bonds. The van der Waals surface area contributed by atoms with E-state index in [0.29, 0.717) is 11.8 Å². The first-order valence-electron chi connectivity index (χ1n) is 4.39. The Morgan fingerprint density at radius 2 is 2.45 bits per heavy atom. The van der Waals surface area contributed by atoms with E-state index >= 15 is 0 Å². The lowest BCUT2D eigenvalue weighted by atomic mass is 9.60. The predicted octanol–water partition coefficient (Wildman–Crippen LogP) is 2.18.